The zero-order valence-electron chi connectivity index (χ0n) is 9.08. The van der Waals surface area contributed by atoms with Crippen LogP contribution in [0.5, 0.6) is 0 Å². The minimum absolute atomic E-state index is 0.616. The fraction of sp³-hybridized carbons (Fsp3) is 0.455. The molecule has 0 radical (unpaired) electrons. The highest BCUT2D eigenvalue weighted by molar-refractivity contribution is 9.10. The molecule has 0 aliphatic carbocycles. The number of nitrogens with zero attached hydrogens (tertiary/aromatic N) is 1. The van der Waals surface area contributed by atoms with Crippen LogP contribution in [0.15, 0.2) is 22.9 Å². The van der Waals surface area contributed by atoms with E-state index < -0.39 is 0 Å². The molecule has 1 aliphatic heterocycles. The van der Waals surface area contributed by atoms with Crippen molar-refractivity contribution in [3.05, 3.63) is 22.9 Å². The molecule has 1 amide bonds. The zero-order valence-corrected chi connectivity index (χ0v) is 10.7. The molecular weight excluding hydrogens is 270 g/mol. The molecule has 0 spiro atoms. The molecule has 1 aliphatic rings. The molecule has 5 heteroatoms. The first-order valence-corrected chi connectivity index (χ1v) is 6.14. The summed E-state index contributed by atoms with van der Waals surface area (Å²) in [7, 11) is 0. The van der Waals surface area contributed by atoms with Gasteiger partial charge >= 0.3 is 0 Å². The van der Waals surface area contributed by atoms with Crippen LogP contribution in [0.4, 0.5) is 5.69 Å². The van der Waals surface area contributed by atoms with Crippen molar-refractivity contribution in [1.29, 1.82) is 0 Å². The Bertz CT molecular complexity index is 287. The van der Waals surface area contributed by atoms with Crippen molar-refractivity contribution in [2.24, 2.45) is 0 Å². The van der Waals surface area contributed by atoms with E-state index in [4.69, 9.17) is 0 Å². The molecule has 1 saturated heterocycles. The van der Waals surface area contributed by atoms with E-state index in [1.54, 1.807) is 18.3 Å². The Labute approximate surface area is 104 Å². The summed E-state index contributed by atoms with van der Waals surface area (Å²) in [5.41, 5.74) is 0.693. The average molecular weight is 286 g/mol. The van der Waals surface area contributed by atoms with Gasteiger partial charge in [-0.3, -0.25) is 4.79 Å². The predicted molar refractivity (Wildman–Crippen MR) is 68.3 cm³/mol. The minimum atomic E-state index is 0.616. The van der Waals surface area contributed by atoms with Crippen LogP contribution in [-0.4, -0.2) is 24.5 Å². The number of anilines is 1. The van der Waals surface area contributed by atoms with Crippen LogP contribution >= 0.6 is 15.9 Å². The molecule has 0 aromatic carbocycles. The zero-order chi connectivity index (χ0) is 11.6. The maximum absolute atomic E-state index is 9.91. The van der Waals surface area contributed by atoms with Crippen LogP contribution in [-0.2, 0) is 4.79 Å². The lowest BCUT2D eigenvalue weighted by molar-refractivity contribution is -0.105. The van der Waals surface area contributed by atoms with Gasteiger partial charge in [-0.25, -0.2) is 4.98 Å². The number of piperidine rings is 1. The van der Waals surface area contributed by atoms with E-state index in [9.17, 15) is 4.79 Å². The Kier molecular flexibility index (Phi) is 6.76. The van der Waals surface area contributed by atoms with Crippen molar-refractivity contribution in [2.45, 2.75) is 19.3 Å². The lowest BCUT2D eigenvalue weighted by Gasteiger charge is -2.08. The van der Waals surface area contributed by atoms with Gasteiger partial charge in [-0.1, -0.05) is 6.42 Å². The second-order valence-electron chi connectivity index (χ2n) is 3.44. The summed E-state index contributed by atoms with van der Waals surface area (Å²) in [4.78, 5) is 13.8. The van der Waals surface area contributed by atoms with Gasteiger partial charge < -0.3 is 10.6 Å². The summed E-state index contributed by atoms with van der Waals surface area (Å²) >= 11 is 3.17. The topological polar surface area (TPSA) is 54.0 Å². The van der Waals surface area contributed by atoms with Gasteiger partial charge in [0.1, 0.15) is 4.60 Å². The van der Waals surface area contributed by atoms with E-state index in [-0.39, 0.29) is 0 Å². The van der Waals surface area contributed by atoms with Crippen molar-refractivity contribution < 1.29 is 4.79 Å². The summed E-state index contributed by atoms with van der Waals surface area (Å²) in [6, 6.07) is 3.51. The van der Waals surface area contributed by atoms with E-state index in [0.717, 1.165) is 4.60 Å². The molecule has 1 fully saturated rings. The number of aromatic nitrogens is 1. The van der Waals surface area contributed by atoms with Gasteiger partial charge in [0.15, 0.2) is 0 Å². The number of hydrogen-bond acceptors (Lipinski definition) is 3. The van der Waals surface area contributed by atoms with Crippen LogP contribution < -0.4 is 10.6 Å². The predicted octanol–water partition coefficient (Wildman–Crippen LogP) is 2.17. The third kappa shape index (κ3) is 5.82. The molecule has 0 unspecified atom stereocenters. The molecule has 2 rings (SSSR count). The summed E-state index contributed by atoms with van der Waals surface area (Å²) in [5, 5.41) is 5.76. The number of rotatable bonds is 2. The summed E-state index contributed by atoms with van der Waals surface area (Å²) < 4.78 is 0.754. The lowest BCUT2D eigenvalue weighted by Crippen LogP contribution is -2.21. The SMILES string of the molecule is C1CCNCC1.O=CNc1ccc(Br)nc1. The third-order valence-corrected chi connectivity index (χ3v) is 2.63. The highest BCUT2D eigenvalue weighted by atomic mass is 79.9. The summed E-state index contributed by atoms with van der Waals surface area (Å²) in [6.45, 7) is 2.50. The Morgan fingerprint density at radius 3 is 2.44 bits per heavy atom. The van der Waals surface area contributed by atoms with Crippen molar-refractivity contribution in [1.82, 2.24) is 10.3 Å². The van der Waals surface area contributed by atoms with Crippen molar-refractivity contribution in [3.8, 4) is 0 Å². The van der Waals surface area contributed by atoms with Gasteiger partial charge in [0.05, 0.1) is 11.9 Å². The molecule has 16 heavy (non-hydrogen) atoms. The van der Waals surface area contributed by atoms with Crippen LogP contribution in [0, 0.1) is 0 Å². The molecule has 1 aromatic rings. The molecule has 88 valence electrons. The van der Waals surface area contributed by atoms with E-state index in [1.807, 2.05) is 0 Å². The van der Waals surface area contributed by atoms with Gasteiger partial charge in [-0.05, 0) is 54.0 Å². The van der Waals surface area contributed by atoms with Crippen LogP contribution in [0.1, 0.15) is 19.3 Å². The van der Waals surface area contributed by atoms with Gasteiger partial charge in [-0.2, -0.15) is 0 Å². The van der Waals surface area contributed by atoms with Crippen molar-refractivity contribution >= 4 is 28.0 Å². The van der Waals surface area contributed by atoms with E-state index in [2.05, 4.69) is 31.5 Å². The fourth-order valence-electron chi connectivity index (χ4n) is 1.33. The highest BCUT2D eigenvalue weighted by Crippen LogP contribution is 2.08. The van der Waals surface area contributed by atoms with E-state index >= 15 is 0 Å². The lowest BCUT2D eigenvalue weighted by atomic mass is 10.2. The van der Waals surface area contributed by atoms with Crippen molar-refractivity contribution in [2.75, 3.05) is 18.4 Å². The molecule has 2 heterocycles. The molecule has 0 atom stereocenters. The molecule has 0 bridgehead atoms. The molecule has 4 nitrogen and oxygen atoms in total. The number of hydrogen-bond donors (Lipinski definition) is 2. The first-order chi connectivity index (χ1) is 7.83. The Morgan fingerprint density at radius 1 is 1.31 bits per heavy atom. The third-order valence-electron chi connectivity index (χ3n) is 2.16. The quantitative estimate of drug-likeness (QED) is 0.647. The fourth-order valence-corrected chi connectivity index (χ4v) is 1.57. The van der Waals surface area contributed by atoms with Crippen LogP contribution in [0.2, 0.25) is 0 Å². The molecule has 2 N–H and O–H groups in total. The number of nitrogens with one attached hydrogen (secondary N) is 2. The van der Waals surface area contributed by atoms with Gasteiger partial charge in [0, 0.05) is 0 Å². The van der Waals surface area contributed by atoms with Gasteiger partial charge in [0.25, 0.3) is 0 Å². The largest absolute Gasteiger partial charge is 0.327 e. The standard InChI is InChI=1S/C6H5BrN2O.C5H11N/c7-6-2-1-5(3-8-6)9-4-10;1-2-4-6-5-3-1/h1-4H,(H,9,10);6H,1-5H2. The molecule has 1 aromatic heterocycles. The molecular formula is C11H16BrN3O. The minimum Gasteiger partial charge on any atom is -0.327 e. The molecule has 0 saturated carbocycles. The monoisotopic (exact) mass is 285 g/mol. The number of carbonyl (C=O) groups is 1. The maximum Gasteiger partial charge on any atom is 0.211 e. The van der Waals surface area contributed by atoms with Gasteiger partial charge in [0.2, 0.25) is 6.41 Å². The second-order valence-corrected chi connectivity index (χ2v) is 4.25. The van der Waals surface area contributed by atoms with Crippen LogP contribution in [0.3, 0.4) is 0 Å². The normalized spacial score (nSPS) is 14.6. The smallest absolute Gasteiger partial charge is 0.211 e. The summed E-state index contributed by atoms with van der Waals surface area (Å²) in [5.74, 6) is 0. The Balaban J connectivity index is 0.000000181. The first-order valence-electron chi connectivity index (χ1n) is 5.35. The summed E-state index contributed by atoms with van der Waals surface area (Å²) in [6.07, 6.45) is 6.40. The number of halogens is 1. The van der Waals surface area contributed by atoms with Crippen molar-refractivity contribution in [3.63, 3.8) is 0 Å². The number of amides is 1. The first kappa shape index (κ1) is 13.1. The van der Waals surface area contributed by atoms with Crippen LogP contribution in [0.25, 0.3) is 0 Å². The maximum atomic E-state index is 9.91. The number of carbonyl (C=O) groups excluding carboxylic acids is 1. The number of pyridine rings is 1. The highest BCUT2D eigenvalue weighted by Gasteiger charge is 1.93. The average Bonchev–Trinajstić information content (AvgIpc) is 2.35. The Hall–Kier alpha value is -0.940. The van der Waals surface area contributed by atoms with E-state index in [0.29, 0.717) is 12.1 Å². The Morgan fingerprint density at radius 2 is 2.06 bits per heavy atom. The van der Waals surface area contributed by atoms with E-state index in [1.165, 1.54) is 32.4 Å². The van der Waals surface area contributed by atoms with Gasteiger partial charge in [-0.15, -0.1) is 0 Å². The second kappa shape index (κ2) is 8.24.